The highest BCUT2D eigenvalue weighted by atomic mass is 16.4. The topological polar surface area (TPSA) is 90.9 Å². The zero-order chi connectivity index (χ0) is 14.3. The first kappa shape index (κ1) is 12.1. The van der Waals surface area contributed by atoms with Gasteiger partial charge in [0.2, 0.25) is 11.2 Å². The quantitative estimate of drug-likeness (QED) is 0.632. The van der Waals surface area contributed by atoms with Crippen molar-refractivity contribution in [1.82, 2.24) is 0 Å². The second-order valence-corrected chi connectivity index (χ2v) is 4.31. The maximum atomic E-state index is 12.1. The van der Waals surface area contributed by atoms with Crippen LogP contribution in [0.3, 0.4) is 0 Å². The summed E-state index contributed by atoms with van der Waals surface area (Å²) in [5.74, 6) is -0.928. The summed E-state index contributed by atoms with van der Waals surface area (Å²) in [6, 6.07) is 10.4. The van der Waals surface area contributed by atoms with E-state index in [1.807, 2.05) is 0 Å². The zero-order valence-corrected chi connectivity index (χ0v) is 10.2. The van der Waals surface area contributed by atoms with Gasteiger partial charge in [0.15, 0.2) is 5.76 Å². The molecule has 3 N–H and O–H groups in total. The third kappa shape index (κ3) is 1.76. The van der Waals surface area contributed by atoms with Gasteiger partial charge in [0.05, 0.1) is 0 Å². The van der Waals surface area contributed by atoms with Crippen LogP contribution in [-0.2, 0) is 0 Å². The Morgan fingerprint density at radius 3 is 2.45 bits per heavy atom. The number of phenols is 2. The molecule has 0 fully saturated rings. The molecule has 1 aromatic heterocycles. The first-order chi connectivity index (χ1) is 9.58. The fourth-order valence-corrected chi connectivity index (χ4v) is 2.06. The van der Waals surface area contributed by atoms with Gasteiger partial charge >= 0.3 is 0 Å². The molecule has 0 saturated carbocycles. The van der Waals surface area contributed by atoms with Gasteiger partial charge in [-0.15, -0.1) is 0 Å². The fourth-order valence-electron chi connectivity index (χ4n) is 2.06. The lowest BCUT2D eigenvalue weighted by Crippen LogP contribution is -2.02. The Hall–Kier alpha value is -2.95. The van der Waals surface area contributed by atoms with Crippen molar-refractivity contribution in [1.29, 1.82) is 0 Å². The molecule has 0 aliphatic heterocycles. The van der Waals surface area contributed by atoms with Gasteiger partial charge in [0.25, 0.3) is 0 Å². The van der Waals surface area contributed by atoms with E-state index in [0.717, 1.165) is 0 Å². The number of aromatic hydroxyl groups is 3. The van der Waals surface area contributed by atoms with E-state index >= 15 is 0 Å². The van der Waals surface area contributed by atoms with E-state index in [-0.39, 0.29) is 28.2 Å². The number of hydrogen-bond donors (Lipinski definition) is 3. The molecule has 0 radical (unpaired) electrons. The average Bonchev–Trinajstić information content (AvgIpc) is 2.42. The maximum absolute atomic E-state index is 12.1. The molecule has 20 heavy (non-hydrogen) atoms. The van der Waals surface area contributed by atoms with Gasteiger partial charge < -0.3 is 19.7 Å². The molecule has 2 aromatic carbocycles. The summed E-state index contributed by atoms with van der Waals surface area (Å²) < 4.78 is 5.47. The zero-order valence-electron chi connectivity index (χ0n) is 10.2. The van der Waals surface area contributed by atoms with Crippen molar-refractivity contribution >= 4 is 11.0 Å². The van der Waals surface area contributed by atoms with Crippen LogP contribution in [0.2, 0.25) is 0 Å². The standard InChI is InChI=1S/C15H10O5/c16-9-4-1-3-8(7-9)15-14(19)13(18)12-10(17)5-2-6-11(12)20-15/h1-7,16-17,19H. The number of rotatable bonds is 1. The summed E-state index contributed by atoms with van der Waals surface area (Å²) in [7, 11) is 0. The smallest absolute Gasteiger partial charge is 0.238 e. The molecule has 5 nitrogen and oxygen atoms in total. The highest BCUT2D eigenvalue weighted by Crippen LogP contribution is 2.33. The van der Waals surface area contributed by atoms with E-state index in [0.29, 0.717) is 5.56 Å². The molecule has 1 heterocycles. The average molecular weight is 270 g/mol. The first-order valence-electron chi connectivity index (χ1n) is 5.85. The summed E-state index contributed by atoms with van der Waals surface area (Å²) in [6.45, 7) is 0. The molecule has 5 heteroatoms. The maximum Gasteiger partial charge on any atom is 0.238 e. The Balaban J connectivity index is 2.39. The third-order valence-electron chi connectivity index (χ3n) is 2.98. The van der Waals surface area contributed by atoms with Crippen molar-refractivity contribution < 1.29 is 19.7 Å². The molecular formula is C15H10O5. The van der Waals surface area contributed by atoms with Crippen molar-refractivity contribution in [2.75, 3.05) is 0 Å². The van der Waals surface area contributed by atoms with E-state index in [1.54, 1.807) is 12.1 Å². The lowest BCUT2D eigenvalue weighted by Gasteiger charge is -2.07. The molecule has 0 atom stereocenters. The van der Waals surface area contributed by atoms with Crippen LogP contribution in [0.1, 0.15) is 0 Å². The molecule has 0 amide bonds. The van der Waals surface area contributed by atoms with Crippen molar-refractivity contribution in [3.63, 3.8) is 0 Å². The van der Waals surface area contributed by atoms with Gasteiger partial charge in [-0.25, -0.2) is 0 Å². The Morgan fingerprint density at radius 1 is 0.950 bits per heavy atom. The third-order valence-corrected chi connectivity index (χ3v) is 2.98. The molecule has 3 rings (SSSR count). The van der Waals surface area contributed by atoms with E-state index in [1.165, 1.54) is 30.3 Å². The predicted octanol–water partition coefficient (Wildman–Crippen LogP) is 2.58. The van der Waals surface area contributed by atoms with Crippen LogP contribution in [-0.4, -0.2) is 15.3 Å². The van der Waals surface area contributed by atoms with Gasteiger partial charge in [0, 0.05) is 5.56 Å². The lowest BCUT2D eigenvalue weighted by molar-refractivity contribution is 0.445. The van der Waals surface area contributed by atoms with Crippen LogP contribution in [0.25, 0.3) is 22.3 Å². The first-order valence-corrected chi connectivity index (χ1v) is 5.85. The van der Waals surface area contributed by atoms with Crippen LogP contribution >= 0.6 is 0 Å². The molecule has 0 aliphatic carbocycles. The molecule has 0 aliphatic rings. The highest BCUT2D eigenvalue weighted by molar-refractivity contribution is 5.86. The van der Waals surface area contributed by atoms with Crippen molar-refractivity contribution in [3.05, 3.63) is 52.7 Å². The minimum atomic E-state index is -0.720. The lowest BCUT2D eigenvalue weighted by atomic mass is 10.1. The van der Waals surface area contributed by atoms with Crippen molar-refractivity contribution in [2.45, 2.75) is 0 Å². The molecule has 0 bridgehead atoms. The molecule has 0 unspecified atom stereocenters. The largest absolute Gasteiger partial charge is 0.508 e. The summed E-state index contributed by atoms with van der Waals surface area (Å²) >= 11 is 0. The molecule has 100 valence electrons. The number of benzene rings is 2. The predicted molar refractivity (Wildman–Crippen MR) is 72.9 cm³/mol. The Kier molecular flexibility index (Phi) is 2.61. The van der Waals surface area contributed by atoms with Crippen LogP contribution in [0.4, 0.5) is 0 Å². The van der Waals surface area contributed by atoms with E-state index in [4.69, 9.17) is 4.42 Å². The highest BCUT2D eigenvalue weighted by Gasteiger charge is 2.17. The van der Waals surface area contributed by atoms with Gasteiger partial charge in [-0.3, -0.25) is 4.79 Å². The second kappa shape index (κ2) is 4.31. The fraction of sp³-hybridized carbons (Fsp3) is 0. The number of phenolic OH excluding ortho intramolecular Hbond substituents is 2. The number of hydrogen-bond acceptors (Lipinski definition) is 5. The SMILES string of the molecule is O=c1c(O)c(-c2cccc(O)c2)oc2cccc(O)c12. The summed E-state index contributed by atoms with van der Waals surface area (Å²) in [6.07, 6.45) is 0. The summed E-state index contributed by atoms with van der Waals surface area (Å²) in [5.41, 5.74) is -0.196. The Bertz CT molecular complexity index is 864. The van der Waals surface area contributed by atoms with Gasteiger partial charge in [0.1, 0.15) is 22.5 Å². The van der Waals surface area contributed by atoms with Gasteiger partial charge in [-0.1, -0.05) is 18.2 Å². The summed E-state index contributed by atoms with van der Waals surface area (Å²) in [4.78, 5) is 12.1. The van der Waals surface area contributed by atoms with Gasteiger partial charge in [-0.2, -0.15) is 0 Å². The Labute approximate surface area is 113 Å². The van der Waals surface area contributed by atoms with Crippen LogP contribution < -0.4 is 5.43 Å². The Morgan fingerprint density at radius 2 is 1.70 bits per heavy atom. The summed E-state index contributed by atoms with van der Waals surface area (Å²) in [5, 5.41) is 29.0. The van der Waals surface area contributed by atoms with Gasteiger partial charge in [-0.05, 0) is 24.3 Å². The second-order valence-electron chi connectivity index (χ2n) is 4.31. The normalized spacial score (nSPS) is 10.8. The molecule has 3 aromatic rings. The van der Waals surface area contributed by atoms with Crippen molar-refractivity contribution in [2.24, 2.45) is 0 Å². The van der Waals surface area contributed by atoms with Crippen LogP contribution in [0.5, 0.6) is 17.2 Å². The molecule has 0 spiro atoms. The molecular weight excluding hydrogens is 260 g/mol. The number of fused-ring (bicyclic) bond motifs is 1. The monoisotopic (exact) mass is 270 g/mol. The minimum absolute atomic E-state index is 0.0134. The molecule has 0 saturated heterocycles. The van der Waals surface area contributed by atoms with Crippen LogP contribution in [0.15, 0.2) is 51.7 Å². The van der Waals surface area contributed by atoms with E-state index < -0.39 is 11.2 Å². The van der Waals surface area contributed by atoms with Crippen LogP contribution in [0, 0.1) is 0 Å². The minimum Gasteiger partial charge on any atom is -0.508 e. The van der Waals surface area contributed by atoms with Crippen molar-refractivity contribution in [3.8, 4) is 28.6 Å². The van der Waals surface area contributed by atoms with E-state index in [2.05, 4.69) is 0 Å². The van der Waals surface area contributed by atoms with E-state index in [9.17, 15) is 20.1 Å².